The predicted molar refractivity (Wildman–Crippen MR) is 143 cm³/mol. The van der Waals surface area contributed by atoms with E-state index in [4.69, 9.17) is 0 Å². The Morgan fingerprint density at radius 3 is 2.32 bits per heavy atom. The standard InChI is InChI=1S/C29H33N7O/c1-5-23-17-36(27-26-25(34(4)28(37)33-27)12-11-22(15-30)32-26)24(6-2)16-35(23)19(3)20-7-9-21(10-8-20)29(18-31)13-14-29/h7-12,19,23-24H,5-6,13-14,16-17H2,1-4H3/t19?,23-,24+/m1/s1. The van der Waals surface area contributed by atoms with Gasteiger partial charge in [0, 0.05) is 38.3 Å². The van der Waals surface area contributed by atoms with E-state index in [1.165, 1.54) is 10.1 Å². The average Bonchev–Trinajstić information content (AvgIpc) is 3.75. The molecule has 1 aliphatic carbocycles. The van der Waals surface area contributed by atoms with Crippen LogP contribution in [-0.4, -0.2) is 44.6 Å². The predicted octanol–water partition coefficient (Wildman–Crippen LogP) is 4.20. The third-order valence-corrected chi connectivity index (χ3v) is 8.41. The Kier molecular flexibility index (Phi) is 6.47. The van der Waals surface area contributed by atoms with E-state index in [2.05, 4.69) is 76.9 Å². The van der Waals surface area contributed by atoms with E-state index in [-0.39, 0.29) is 29.2 Å². The molecule has 5 rings (SSSR count). The largest absolute Gasteiger partial charge is 0.349 e. The van der Waals surface area contributed by atoms with Crippen LogP contribution in [0.3, 0.4) is 0 Å². The topological polar surface area (TPSA) is 102 Å². The number of pyridine rings is 1. The van der Waals surface area contributed by atoms with Gasteiger partial charge in [0.15, 0.2) is 5.82 Å². The lowest BCUT2D eigenvalue weighted by atomic mass is 9.93. The normalized spacial score (nSPS) is 21.8. The first-order valence-electron chi connectivity index (χ1n) is 13.2. The third kappa shape index (κ3) is 4.26. The van der Waals surface area contributed by atoms with Crippen LogP contribution in [0.4, 0.5) is 5.82 Å². The molecule has 1 aromatic carbocycles. The van der Waals surface area contributed by atoms with E-state index in [0.29, 0.717) is 22.5 Å². The van der Waals surface area contributed by atoms with Gasteiger partial charge < -0.3 is 4.90 Å². The molecule has 3 atom stereocenters. The summed E-state index contributed by atoms with van der Waals surface area (Å²) in [5, 5.41) is 19.0. The Morgan fingerprint density at radius 1 is 1.03 bits per heavy atom. The van der Waals surface area contributed by atoms with E-state index >= 15 is 0 Å². The summed E-state index contributed by atoms with van der Waals surface area (Å²) >= 11 is 0. The highest BCUT2D eigenvalue weighted by Crippen LogP contribution is 2.47. The van der Waals surface area contributed by atoms with Crippen LogP contribution in [0, 0.1) is 22.7 Å². The highest BCUT2D eigenvalue weighted by molar-refractivity contribution is 5.86. The van der Waals surface area contributed by atoms with E-state index in [1.807, 2.05) is 0 Å². The van der Waals surface area contributed by atoms with Gasteiger partial charge in [0.05, 0.1) is 17.0 Å². The number of rotatable bonds is 6. The molecule has 3 aromatic rings. The SMILES string of the molecule is CC[C@H]1CN(C(C)c2ccc(C3(C#N)CC3)cc2)[C@H](CC)CN1c1nc(=O)n(C)c2ccc(C#N)nc12. The summed E-state index contributed by atoms with van der Waals surface area (Å²) in [5.41, 5.74) is 3.37. The third-order valence-electron chi connectivity index (χ3n) is 8.41. The second-order valence-corrected chi connectivity index (χ2v) is 10.4. The number of fused-ring (bicyclic) bond motifs is 1. The van der Waals surface area contributed by atoms with Crippen LogP contribution < -0.4 is 10.6 Å². The Balaban J connectivity index is 1.47. The van der Waals surface area contributed by atoms with Crippen LogP contribution in [0.25, 0.3) is 11.0 Å². The van der Waals surface area contributed by atoms with Crippen molar-refractivity contribution >= 4 is 16.9 Å². The minimum absolute atomic E-state index is 0.146. The van der Waals surface area contributed by atoms with Crippen molar-refractivity contribution in [2.75, 3.05) is 18.0 Å². The number of piperazine rings is 1. The fraction of sp³-hybridized carbons (Fsp3) is 0.483. The summed E-state index contributed by atoms with van der Waals surface area (Å²) in [6, 6.07) is 17.3. The van der Waals surface area contributed by atoms with Crippen molar-refractivity contribution < 1.29 is 0 Å². The van der Waals surface area contributed by atoms with E-state index in [1.54, 1.807) is 19.2 Å². The number of aryl methyl sites for hydroxylation is 1. The number of anilines is 1. The van der Waals surface area contributed by atoms with Crippen LogP contribution in [0.1, 0.15) is 69.3 Å². The second-order valence-electron chi connectivity index (χ2n) is 10.4. The molecule has 2 aromatic heterocycles. The first kappa shape index (κ1) is 24.9. The van der Waals surface area contributed by atoms with Crippen molar-refractivity contribution in [1.82, 2.24) is 19.4 Å². The van der Waals surface area contributed by atoms with Crippen molar-refractivity contribution in [2.45, 2.75) is 70.0 Å². The van der Waals surface area contributed by atoms with Crippen molar-refractivity contribution in [2.24, 2.45) is 7.05 Å². The molecule has 0 amide bonds. The minimum atomic E-state index is -0.321. The van der Waals surface area contributed by atoms with Crippen LogP contribution in [-0.2, 0) is 12.5 Å². The number of hydrogen-bond donors (Lipinski definition) is 0. The molecular formula is C29H33N7O. The fourth-order valence-electron chi connectivity index (χ4n) is 5.75. The number of nitrogens with zero attached hydrogens (tertiary/aromatic N) is 7. The molecule has 1 aliphatic heterocycles. The zero-order chi connectivity index (χ0) is 26.3. The molecule has 8 nitrogen and oxygen atoms in total. The molecule has 2 fully saturated rings. The number of benzene rings is 1. The summed E-state index contributed by atoms with van der Waals surface area (Å²) < 4.78 is 1.49. The zero-order valence-corrected chi connectivity index (χ0v) is 22.0. The first-order valence-corrected chi connectivity index (χ1v) is 13.2. The Bertz CT molecular complexity index is 1460. The van der Waals surface area contributed by atoms with E-state index < -0.39 is 0 Å². The van der Waals surface area contributed by atoms with Gasteiger partial charge >= 0.3 is 5.69 Å². The maximum absolute atomic E-state index is 12.8. The second kappa shape index (κ2) is 9.61. The molecule has 1 saturated heterocycles. The quantitative estimate of drug-likeness (QED) is 0.505. The van der Waals surface area contributed by atoms with Gasteiger partial charge in [0.2, 0.25) is 0 Å². The summed E-state index contributed by atoms with van der Waals surface area (Å²) in [5.74, 6) is 0.573. The van der Waals surface area contributed by atoms with Gasteiger partial charge in [0.25, 0.3) is 0 Å². The lowest BCUT2D eigenvalue weighted by Gasteiger charge is -2.49. The number of aromatic nitrogens is 3. The van der Waals surface area contributed by atoms with Gasteiger partial charge in [-0.25, -0.2) is 9.78 Å². The Morgan fingerprint density at radius 2 is 1.73 bits per heavy atom. The molecule has 37 heavy (non-hydrogen) atoms. The molecule has 190 valence electrons. The fourth-order valence-corrected chi connectivity index (χ4v) is 5.75. The molecule has 0 radical (unpaired) electrons. The molecule has 1 saturated carbocycles. The average molecular weight is 496 g/mol. The minimum Gasteiger partial charge on any atom is -0.349 e. The monoisotopic (exact) mass is 495 g/mol. The highest BCUT2D eigenvalue weighted by atomic mass is 16.1. The van der Waals surface area contributed by atoms with Crippen molar-refractivity contribution in [1.29, 1.82) is 10.5 Å². The molecule has 3 heterocycles. The Hall–Kier alpha value is -3.75. The lowest BCUT2D eigenvalue weighted by molar-refractivity contribution is 0.101. The van der Waals surface area contributed by atoms with Gasteiger partial charge in [-0.1, -0.05) is 38.1 Å². The van der Waals surface area contributed by atoms with Gasteiger partial charge in [-0.2, -0.15) is 15.5 Å². The van der Waals surface area contributed by atoms with Gasteiger partial charge in [0.1, 0.15) is 17.3 Å². The van der Waals surface area contributed by atoms with Gasteiger partial charge in [-0.15, -0.1) is 0 Å². The van der Waals surface area contributed by atoms with Crippen molar-refractivity contribution in [3.63, 3.8) is 0 Å². The highest BCUT2D eigenvalue weighted by Gasteiger charge is 2.45. The van der Waals surface area contributed by atoms with E-state index in [9.17, 15) is 15.3 Å². The van der Waals surface area contributed by atoms with Crippen molar-refractivity contribution in [3.8, 4) is 12.1 Å². The van der Waals surface area contributed by atoms with Crippen LogP contribution >= 0.6 is 0 Å². The molecule has 1 unspecified atom stereocenters. The van der Waals surface area contributed by atoms with E-state index in [0.717, 1.165) is 44.3 Å². The summed E-state index contributed by atoms with van der Waals surface area (Å²) in [4.78, 5) is 26.6. The molecular weight excluding hydrogens is 462 g/mol. The lowest BCUT2D eigenvalue weighted by Crippen LogP contribution is -2.59. The molecule has 8 heteroatoms. The van der Waals surface area contributed by atoms with Crippen LogP contribution in [0.5, 0.6) is 0 Å². The maximum Gasteiger partial charge on any atom is 0.349 e. The molecule has 2 aliphatic rings. The molecule has 0 N–H and O–H groups in total. The summed E-state index contributed by atoms with van der Waals surface area (Å²) in [7, 11) is 1.69. The summed E-state index contributed by atoms with van der Waals surface area (Å²) in [6.45, 7) is 8.17. The number of nitriles is 2. The summed E-state index contributed by atoms with van der Waals surface area (Å²) in [6.07, 6.45) is 3.74. The first-order chi connectivity index (χ1) is 17.9. The molecule has 0 spiro atoms. The van der Waals surface area contributed by atoms with Gasteiger partial charge in [-0.05, 0) is 55.9 Å². The van der Waals surface area contributed by atoms with Gasteiger partial charge in [-0.3, -0.25) is 9.47 Å². The zero-order valence-electron chi connectivity index (χ0n) is 22.0. The van der Waals surface area contributed by atoms with Crippen molar-refractivity contribution in [3.05, 3.63) is 63.7 Å². The smallest absolute Gasteiger partial charge is 0.349 e. The number of hydrogen-bond acceptors (Lipinski definition) is 7. The van der Waals surface area contributed by atoms with Crippen LogP contribution in [0.15, 0.2) is 41.2 Å². The Labute approximate surface area is 217 Å². The maximum atomic E-state index is 12.8. The molecule has 0 bridgehead atoms. The van der Waals surface area contributed by atoms with Crippen LogP contribution in [0.2, 0.25) is 0 Å².